The van der Waals surface area contributed by atoms with Crippen molar-refractivity contribution in [1.29, 1.82) is 0 Å². The topological polar surface area (TPSA) is 97.1 Å². The minimum atomic E-state index is -0.988. The first-order valence-electron chi connectivity index (χ1n) is 5.53. The summed E-state index contributed by atoms with van der Waals surface area (Å²) < 4.78 is 1.21. The Labute approximate surface area is 112 Å². The molecule has 0 saturated carbocycles. The fourth-order valence-corrected chi connectivity index (χ4v) is 2.16. The van der Waals surface area contributed by atoms with E-state index >= 15 is 0 Å². The predicted octanol–water partition coefficient (Wildman–Crippen LogP) is 0.283. The molecule has 0 bridgehead atoms. The first-order valence-corrected chi connectivity index (χ1v) is 6.41. The van der Waals surface area contributed by atoms with Gasteiger partial charge in [0, 0.05) is 4.88 Å². The molecule has 19 heavy (non-hydrogen) atoms. The van der Waals surface area contributed by atoms with Crippen molar-refractivity contribution in [3.63, 3.8) is 0 Å². The van der Waals surface area contributed by atoms with Gasteiger partial charge in [-0.15, -0.1) is 16.4 Å². The van der Waals surface area contributed by atoms with Crippen LogP contribution in [-0.4, -0.2) is 32.0 Å². The normalized spacial score (nSPS) is 10.3. The molecule has 2 aromatic rings. The molecule has 7 nitrogen and oxygen atoms in total. The summed E-state index contributed by atoms with van der Waals surface area (Å²) in [4.78, 5) is 23.1. The largest absolute Gasteiger partial charge is 0.480 e. The second kappa shape index (κ2) is 6.10. The molecule has 2 aromatic heterocycles. The van der Waals surface area contributed by atoms with Gasteiger partial charge in [0.15, 0.2) is 0 Å². The van der Waals surface area contributed by atoms with Crippen LogP contribution in [0.5, 0.6) is 0 Å². The lowest BCUT2D eigenvalue weighted by Gasteiger charge is -2.00. The molecular weight excluding hydrogens is 268 g/mol. The second-order valence-corrected chi connectivity index (χ2v) is 4.87. The van der Waals surface area contributed by atoms with Gasteiger partial charge in [0.25, 0.3) is 0 Å². The van der Waals surface area contributed by atoms with Gasteiger partial charge in [-0.3, -0.25) is 9.59 Å². The summed E-state index contributed by atoms with van der Waals surface area (Å²) in [5.41, 5.74) is 0.528. The number of nitrogens with one attached hydrogen (secondary N) is 1. The quantitative estimate of drug-likeness (QED) is 0.792. The molecule has 100 valence electrons. The highest BCUT2D eigenvalue weighted by atomic mass is 32.1. The molecular formula is C11H12N4O3S. The van der Waals surface area contributed by atoms with Crippen molar-refractivity contribution >= 4 is 23.2 Å². The first kappa shape index (κ1) is 13.2. The smallest absolute Gasteiger partial charge is 0.325 e. The van der Waals surface area contributed by atoms with E-state index in [2.05, 4.69) is 15.6 Å². The number of amides is 1. The highest BCUT2D eigenvalue weighted by Gasteiger charge is 2.07. The molecule has 0 fully saturated rings. The van der Waals surface area contributed by atoms with E-state index in [0.717, 1.165) is 4.88 Å². The Balaban J connectivity index is 1.80. The molecule has 8 heteroatoms. The van der Waals surface area contributed by atoms with Crippen LogP contribution in [0.25, 0.3) is 0 Å². The summed E-state index contributed by atoms with van der Waals surface area (Å²) in [7, 11) is 0. The number of carbonyl (C=O) groups excluding carboxylic acids is 1. The van der Waals surface area contributed by atoms with Gasteiger partial charge in [0.2, 0.25) is 5.91 Å². The van der Waals surface area contributed by atoms with Crippen LogP contribution in [0.3, 0.4) is 0 Å². The average molecular weight is 280 g/mol. The van der Waals surface area contributed by atoms with E-state index in [4.69, 9.17) is 5.11 Å². The van der Waals surface area contributed by atoms with Crippen molar-refractivity contribution in [2.24, 2.45) is 0 Å². The SMILES string of the molecule is O=C(O)Cn1cc(CNC(=O)Cc2cccs2)nn1. The van der Waals surface area contributed by atoms with Crippen molar-refractivity contribution in [1.82, 2.24) is 20.3 Å². The Morgan fingerprint density at radius 1 is 1.47 bits per heavy atom. The number of rotatable bonds is 6. The highest BCUT2D eigenvalue weighted by molar-refractivity contribution is 7.10. The van der Waals surface area contributed by atoms with Gasteiger partial charge in [-0.05, 0) is 11.4 Å². The van der Waals surface area contributed by atoms with E-state index in [9.17, 15) is 9.59 Å². The molecule has 0 aliphatic rings. The summed E-state index contributed by atoms with van der Waals surface area (Å²) in [5, 5.41) is 20.6. The maximum Gasteiger partial charge on any atom is 0.325 e. The Bertz CT molecular complexity index is 564. The number of aromatic nitrogens is 3. The third-order valence-corrected chi connectivity index (χ3v) is 3.14. The fraction of sp³-hybridized carbons (Fsp3) is 0.273. The molecule has 2 rings (SSSR count). The molecule has 0 radical (unpaired) electrons. The Kier molecular flexibility index (Phi) is 4.24. The Hall–Kier alpha value is -2.22. The van der Waals surface area contributed by atoms with E-state index in [0.29, 0.717) is 12.1 Å². The van der Waals surface area contributed by atoms with Gasteiger partial charge in [0.05, 0.1) is 19.2 Å². The molecule has 0 aliphatic carbocycles. The van der Waals surface area contributed by atoms with Crippen LogP contribution in [0.2, 0.25) is 0 Å². The third-order valence-electron chi connectivity index (χ3n) is 2.26. The molecule has 0 spiro atoms. The zero-order valence-corrected chi connectivity index (χ0v) is 10.8. The lowest BCUT2D eigenvalue weighted by Crippen LogP contribution is -2.24. The number of thiophene rings is 1. The van der Waals surface area contributed by atoms with Crippen molar-refractivity contribution in [2.45, 2.75) is 19.5 Å². The van der Waals surface area contributed by atoms with Gasteiger partial charge >= 0.3 is 5.97 Å². The van der Waals surface area contributed by atoms with Gasteiger partial charge in [-0.1, -0.05) is 11.3 Å². The van der Waals surface area contributed by atoms with E-state index in [1.54, 1.807) is 0 Å². The number of hydrogen-bond acceptors (Lipinski definition) is 5. The number of carboxylic acids is 1. The summed E-state index contributed by atoms with van der Waals surface area (Å²) >= 11 is 1.53. The van der Waals surface area contributed by atoms with Gasteiger partial charge < -0.3 is 10.4 Å². The molecule has 2 heterocycles. The molecule has 0 saturated heterocycles. The fourth-order valence-electron chi connectivity index (χ4n) is 1.46. The monoisotopic (exact) mass is 280 g/mol. The standard InChI is InChI=1S/C11H12N4O3S/c16-10(4-9-2-1-3-19-9)12-5-8-6-15(14-13-8)7-11(17)18/h1-3,6H,4-5,7H2,(H,12,16)(H,17,18). The molecule has 0 aliphatic heterocycles. The van der Waals surface area contributed by atoms with E-state index in [1.165, 1.54) is 22.2 Å². The number of carboxylic acid groups (broad SMARTS) is 1. The number of aliphatic carboxylic acids is 1. The second-order valence-electron chi connectivity index (χ2n) is 3.83. The van der Waals surface area contributed by atoms with Crippen LogP contribution in [-0.2, 0) is 29.1 Å². The van der Waals surface area contributed by atoms with Crippen molar-refractivity contribution in [2.75, 3.05) is 0 Å². The van der Waals surface area contributed by atoms with E-state index < -0.39 is 5.97 Å². The summed E-state index contributed by atoms with van der Waals surface area (Å²) in [6.07, 6.45) is 1.83. The van der Waals surface area contributed by atoms with Crippen LogP contribution >= 0.6 is 11.3 Å². The summed E-state index contributed by atoms with van der Waals surface area (Å²) in [6, 6.07) is 3.79. The van der Waals surface area contributed by atoms with Crippen LogP contribution in [0.1, 0.15) is 10.6 Å². The minimum absolute atomic E-state index is 0.102. The van der Waals surface area contributed by atoms with Crippen LogP contribution < -0.4 is 5.32 Å². The molecule has 1 amide bonds. The van der Waals surface area contributed by atoms with Crippen LogP contribution in [0.15, 0.2) is 23.7 Å². The maximum atomic E-state index is 11.6. The summed E-state index contributed by atoms with van der Waals surface area (Å²) in [5.74, 6) is -1.09. The van der Waals surface area contributed by atoms with Gasteiger partial charge in [0.1, 0.15) is 12.2 Å². The molecule has 0 unspecified atom stereocenters. The van der Waals surface area contributed by atoms with Crippen molar-refractivity contribution in [3.8, 4) is 0 Å². The van der Waals surface area contributed by atoms with Gasteiger partial charge in [-0.25, -0.2) is 4.68 Å². The molecule has 0 aromatic carbocycles. The average Bonchev–Trinajstić information content (AvgIpc) is 2.97. The minimum Gasteiger partial charge on any atom is -0.480 e. The number of carbonyl (C=O) groups is 2. The third kappa shape index (κ3) is 4.18. The predicted molar refractivity (Wildman–Crippen MR) is 67.5 cm³/mol. The zero-order chi connectivity index (χ0) is 13.7. The van der Waals surface area contributed by atoms with Gasteiger partial charge in [-0.2, -0.15) is 0 Å². The zero-order valence-electron chi connectivity index (χ0n) is 9.94. The first-order chi connectivity index (χ1) is 9.13. The van der Waals surface area contributed by atoms with Crippen LogP contribution in [0.4, 0.5) is 0 Å². The Morgan fingerprint density at radius 2 is 2.32 bits per heavy atom. The molecule has 2 N–H and O–H groups in total. The highest BCUT2D eigenvalue weighted by Crippen LogP contribution is 2.08. The lowest BCUT2D eigenvalue weighted by atomic mass is 10.3. The van der Waals surface area contributed by atoms with Crippen LogP contribution in [0, 0.1) is 0 Å². The van der Waals surface area contributed by atoms with E-state index in [1.807, 2.05) is 17.5 Å². The van der Waals surface area contributed by atoms with Crippen molar-refractivity contribution < 1.29 is 14.7 Å². The summed E-state index contributed by atoms with van der Waals surface area (Å²) in [6.45, 7) is -0.0000304. The number of hydrogen-bond donors (Lipinski definition) is 2. The van der Waals surface area contributed by atoms with E-state index in [-0.39, 0.29) is 19.0 Å². The number of nitrogens with zero attached hydrogens (tertiary/aromatic N) is 3. The molecule has 0 atom stereocenters. The van der Waals surface area contributed by atoms with Crippen molar-refractivity contribution in [3.05, 3.63) is 34.3 Å². The lowest BCUT2D eigenvalue weighted by molar-refractivity contribution is -0.138. The Morgan fingerprint density at radius 3 is 3.00 bits per heavy atom. The maximum absolute atomic E-state index is 11.6.